The van der Waals surface area contributed by atoms with Crippen molar-refractivity contribution >= 4 is 0 Å². The fraction of sp³-hybridized carbons (Fsp3) is 0.727. The summed E-state index contributed by atoms with van der Waals surface area (Å²) in [5.41, 5.74) is 7.41. The van der Waals surface area contributed by atoms with Gasteiger partial charge in [0, 0.05) is 24.5 Å². The van der Waals surface area contributed by atoms with Gasteiger partial charge in [-0.25, -0.2) is 4.98 Å². The molecule has 0 spiro atoms. The minimum Gasteiger partial charge on any atom is -0.333 e. The van der Waals surface area contributed by atoms with Gasteiger partial charge in [-0.1, -0.05) is 13.3 Å². The van der Waals surface area contributed by atoms with Crippen molar-refractivity contribution in [1.29, 1.82) is 0 Å². The molecule has 0 saturated heterocycles. The Labute approximate surface area is 85.3 Å². The Hall–Kier alpha value is -0.830. The second kappa shape index (κ2) is 4.13. The number of rotatable bonds is 5. The van der Waals surface area contributed by atoms with Crippen LogP contribution in [0.25, 0.3) is 0 Å². The van der Waals surface area contributed by atoms with E-state index in [0.717, 1.165) is 18.9 Å². The van der Waals surface area contributed by atoms with Gasteiger partial charge in [0.25, 0.3) is 0 Å². The van der Waals surface area contributed by atoms with Gasteiger partial charge < -0.3 is 10.3 Å². The van der Waals surface area contributed by atoms with Crippen molar-refractivity contribution in [3.63, 3.8) is 0 Å². The lowest BCUT2D eigenvalue weighted by atomic mass is 10.2. The zero-order valence-corrected chi connectivity index (χ0v) is 8.82. The molecular weight excluding hydrogens is 174 g/mol. The quantitative estimate of drug-likeness (QED) is 0.771. The largest absolute Gasteiger partial charge is 0.333 e. The average molecular weight is 193 g/mol. The van der Waals surface area contributed by atoms with E-state index in [-0.39, 0.29) is 0 Å². The van der Waals surface area contributed by atoms with Crippen molar-refractivity contribution in [1.82, 2.24) is 9.55 Å². The zero-order chi connectivity index (χ0) is 9.97. The summed E-state index contributed by atoms with van der Waals surface area (Å²) in [5, 5.41) is 0. The van der Waals surface area contributed by atoms with E-state index in [1.54, 1.807) is 0 Å². The summed E-state index contributed by atoms with van der Waals surface area (Å²) in [6, 6.07) is 0.333. The van der Waals surface area contributed by atoms with Crippen LogP contribution in [-0.2, 0) is 13.0 Å². The van der Waals surface area contributed by atoms with Crippen molar-refractivity contribution in [2.45, 2.75) is 45.2 Å². The van der Waals surface area contributed by atoms with Crippen LogP contribution in [0.2, 0.25) is 0 Å². The summed E-state index contributed by atoms with van der Waals surface area (Å²) in [5.74, 6) is 0.770. The first-order valence-electron chi connectivity index (χ1n) is 5.56. The maximum absolute atomic E-state index is 6.09. The number of nitrogens with zero attached hydrogens (tertiary/aromatic N) is 2. The third-order valence-corrected chi connectivity index (χ3v) is 2.94. The highest BCUT2D eigenvalue weighted by Crippen LogP contribution is 2.32. The molecule has 0 amide bonds. The maximum atomic E-state index is 6.09. The smallest absolute Gasteiger partial charge is 0.0948 e. The molecule has 3 nitrogen and oxygen atoms in total. The van der Waals surface area contributed by atoms with Gasteiger partial charge in [-0.2, -0.15) is 0 Å². The van der Waals surface area contributed by atoms with Crippen LogP contribution in [0.4, 0.5) is 0 Å². The molecule has 1 saturated carbocycles. The Bertz CT molecular complexity index is 288. The zero-order valence-electron chi connectivity index (χ0n) is 8.82. The van der Waals surface area contributed by atoms with E-state index in [2.05, 4.69) is 16.5 Å². The molecule has 0 bridgehead atoms. The molecule has 3 heteroatoms. The maximum Gasteiger partial charge on any atom is 0.0948 e. The van der Waals surface area contributed by atoms with Crippen LogP contribution in [0.3, 0.4) is 0 Å². The van der Waals surface area contributed by atoms with Gasteiger partial charge >= 0.3 is 0 Å². The van der Waals surface area contributed by atoms with Gasteiger partial charge in [-0.3, -0.25) is 0 Å². The summed E-state index contributed by atoms with van der Waals surface area (Å²) >= 11 is 0. The summed E-state index contributed by atoms with van der Waals surface area (Å²) in [6.45, 7) is 3.14. The highest BCUT2D eigenvalue weighted by Gasteiger charge is 2.28. The molecule has 14 heavy (non-hydrogen) atoms. The number of aromatic nitrogens is 2. The van der Waals surface area contributed by atoms with E-state index in [0.29, 0.717) is 6.04 Å². The Morgan fingerprint density at radius 3 is 3.07 bits per heavy atom. The SMILES string of the molecule is CCCc1cncn1CC(N)C1CC1. The molecule has 1 atom stereocenters. The van der Waals surface area contributed by atoms with Gasteiger partial charge in [-0.15, -0.1) is 0 Å². The van der Waals surface area contributed by atoms with Crippen LogP contribution in [-0.4, -0.2) is 15.6 Å². The molecular formula is C11H19N3. The van der Waals surface area contributed by atoms with E-state index >= 15 is 0 Å². The normalized spacial score (nSPS) is 18.4. The number of aryl methyl sites for hydroxylation is 1. The lowest BCUT2D eigenvalue weighted by molar-refractivity contribution is 0.491. The van der Waals surface area contributed by atoms with Crippen LogP contribution in [0.1, 0.15) is 31.9 Å². The van der Waals surface area contributed by atoms with Crippen molar-refractivity contribution in [3.05, 3.63) is 18.2 Å². The molecule has 0 radical (unpaired) electrons. The predicted molar refractivity (Wildman–Crippen MR) is 56.9 cm³/mol. The van der Waals surface area contributed by atoms with E-state index in [4.69, 9.17) is 5.73 Å². The van der Waals surface area contributed by atoms with Crippen LogP contribution in [0.15, 0.2) is 12.5 Å². The first-order chi connectivity index (χ1) is 6.81. The van der Waals surface area contributed by atoms with E-state index in [1.165, 1.54) is 25.0 Å². The number of imidazole rings is 1. The van der Waals surface area contributed by atoms with E-state index in [1.807, 2.05) is 12.5 Å². The highest BCUT2D eigenvalue weighted by atomic mass is 15.1. The van der Waals surface area contributed by atoms with Gasteiger partial charge in [0.1, 0.15) is 0 Å². The minimum atomic E-state index is 0.333. The van der Waals surface area contributed by atoms with Crippen molar-refractivity contribution in [2.75, 3.05) is 0 Å². The second-order valence-corrected chi connectivity index (χ2v) is 4.29. The van der Waals surface area contributed by atoms with E-state index < -0.39 is 0 Å². The molecule has 1 aromatic heterocycles. The lowest BCUT2D eigenvalue weighted by Gasteiger charge is -2.13. The standard InChI is InChI=1S/C11H19N3/c1-2-3-10-6-13-8-14(10)7-11(12)9-4-5-9/h6,8-9,11H,2-5,7,12H2,1H3. The lowest BCUT2D eigenvalue weighted by Crippen LogP contribution is -2.28. The molecule has 2 N–H and O–H groups in total. The molecule has 1 aliphatic rings. The Balaban J connectivity index is 1.96. The van der Waals surface area contributed by atoms with Crippen molar-refractivity contribution in [3.8, 4) is 0 Å². The minimum absolute atomic E-state index is 0.333. The number of nitrogens with two attached hydrogens (primary N) is 1. The molecule has 2 rings (SSSR count). The molecule has 78 valence electrons. The van der Waals surface area contributed by atoms with Crippen molar-refractivity contribution in [2.24, 2.45) is 11.7 Å². The number of hydrogen-bond donors (Lipinski definition) is 1. The first kappa shape index (κ1) is 9.71. The Morgan fingerprint density at radius 1 is 1.64 bits per heavy atom. The van der Waals surface area contributed by atoms with Crippen LogP contribution in [0.5, 0.6) is 0 Å². The third kappa shape index (κ3) is 2.15. The van der Waals surface area contributed by atoms with Crippen molar-refractivity contribution < 1.29 is 0 Å². The summed E-state index contributed by atoms with van der Waals surface area (Å²) in [4.78, 5) is 4.18. The summed E-state index contributed by atoms with van der Waals surface area (Å²) < 4.78 is 2.21. The summed E-state index contributed by atoms with van der Waals surface area (Å²) in [6.07, 6.45) is 8.79. The second-order valence-electron chi connectivity index (χ2n) is 4.29. The predicted octanol–water partition coefficient (Wildman–Crippen LogP) is 1.57. The highest BCUT2D eigenvalue weighted by molar-refractivity contribution is 4.99. The van der Waals surface area contributed by atoms with Gasteiger partial charge in [-0.05, 0) is 25.2 Å². The molecule has 1 aromatic rings. The van der Waals surface area contributed by atoms with Crippen LogP contribution in [0, 0.1) is 5.92 Å². The van der Waals surface area contributed by atoms with Crippen LogP contribution < -0.4 is 5.73 Å². The molecule has 1 unspecified atom stereocenters. The van der Waals surface area contributed by atoms with E-state index in [9.17, 15) is 0 Å². The first-order valence-corrected chi connectivity index (χ1v) is 5.56. The fourth-order valence-electron chi connectivity index (χ4n) is 1.88. The van der Waals surface area contributed by atoms with Gasteiger partial charge in [0.15, 0.2) is 0 Å². The van der Waals surface area contributed by atoms with Gasteiger partial charge in [0.05, 0.1) is 6.33 Å². The Morgan fingerprint density at radius 2 is 2.43 bits per heavy atom. The molecule has 1 aliphatic carbocycles. The molecule has 1 fully saturated rings. The third-order valence-electron chi connectivity index (χ3n) is 2.94. The van der Waals surface area contributed by atoms with Crippen LogP contribution >= 0.6 is 0 Å². The molecule has 1 heterocycles. The van der Waals surface area contributed by atoms with Gasteiger partial charge in [0.2, 0.25) is 0 Å². The Kier molecular flexibility index (Phi) is 2.87. The topological polar surface area (TPSA) is 43.8 Å². The number of hydrogen-bond acceptors (Lipinski definition) is 2. The monoisotopic (exact) mass is 193 g/mol. The summed E-state index contributed by atoms with van der Waals surface area (Å²) in [7, 11) is 0. The molecule has 0 aromatic carbocycles. The molecule has 0 aliphatic heterocycles. The average Bonchev–Trinajstić information content (AvgIpc) is 2.93. The fourth-order valence-corrected chi connectivity index (χ4v) is 1.88.